The summed E-state index contributed by atoms with van der Waals surface area (Å²) in [5.74, 6) is 0.863. The molecule has 0 spiro atoms. The molecule has 33 heavy (non-hydrogen) atoms. The molecule has 1 saturated heterocycles. The Hall–Kier alpha value is -3.72. The fourth-order valence-electron chi connectivity index (χ4n) is 4.31. The first-order valence-corrected chi connectivity index (χ1v) is 11.0. The Balaban J connectivity index is 1.28. The summed E-state index contributed by atoms with van der Waals surface area (Å²) in [7, 11) is 1.61. The number of piperazine rings is 1. The zero-order valence-electron chi connectivity index (χ0n) is 18.7. The maximum atomic E-state index is 13.0. The number of fused-ring (bicyclic) bond motifs is 2. The van der Waals surface area contributed by atoms with Crippen molar-refractivity contribution in [3.05, 3.63) is 64.5 Å². The van der Waals surface area contributed by atoms with Crippen molar-refractivity contribution >= 4 is 33.5 Å². The van der Waals surface area contributed by atoms with E-state index in [1.807, 2.05) is 48.2 Å². The Labute approximate surface area is 190 Å². The van der Waals surface area contributed by atoms with Gasteiger partial charge in [-0.2, -0.15) is 0 Å². The van der Waals surface area contributed by atoms with Crippen LogP contribution in [-0.2, 0) is 11.3 Å². The molecule has 2 aromatic carbocycles. The zero-order valence-corrected chi connectivity index (χ0v) is 18.7. The molecule has 5 rings (SSSR count). The van der Waals surface area contributed by atoms with Crippen molar-refractivity contribution in [2.45, 2.75) is 13.5 Å². The van der Waals surface area contributed by atoms with Gasteiger partial charge in [-0.05, 0) is 43.3 Å². The molecule has 2 aromatic heterocycles. The highest BCUT2D eigenvalue weighted by molar-refractivity contribution is 5.97. The molecule has 1 amide bonds. The highest BCUT2D eigenvalue weighted by atomic mass is 16.5. The first kappa shape index (κ1) is 21.1. The van der Waals surface area contributed by atoms with Gasteiger partial charge in [0.15, 0.2) is 0 Å². The van der Waals surface area contributed by atoms with Gasteiger partial charge < -0.3 is 19.5 Å². The van der Waals surface area contributed by atoms with Crippen LogP contribution in [0.5, 0.6) is 0 Å². The second kappa shape index (κ2) is 8.67. The quantitative estimate of drug-likeness (QED) is 0.505. The molecule has 3 heterocycles. The number of ether oxygens (including phenoxy) is 1. The van der Waals surface area contributed by atoms with Gasteiger partial charge in [0.2, 0.25) is 0 Å². The Kier molecular flexibility index (Phi) is 5.55. The normalized spacial score (nSPS) is 14.4. The summed E-state index contributed by atoms with van der Waals surface area (Å²) in [6, 6.07) is 11.3. The van der Waals surface area contributed by atoms with Crippen LogP contribution in [0.15, 0.2) is 47.5 Å². The summed E-state index contributed by atoms with van der Waals surface area (Å²) >= 11 is 0. The van der Waals surface area contributed by atoms with Crippen molar-refractivity contribution in [2.75, 3.05) is 44.8 Å². The van der Waals surface area contributed by atoms with Crippen molar-refractivity contribution in [1.29, 1.82) is 0 Å². The number of benzene rings is 2. The minimum atomic E-state index is -0.0663. The summed E-state index contributed by atoms with van der Waals surface area (Å²) in [5.41, 5.74) is 4.02. The van der Waals surface area contributed by atoms with Crippen molar-refractivity contribution in [1.82, 2.24) is 24.4 Å². The highest BCUT2D eigenvalue weighted by Gasteiger charge is 2.23. The van der Waals surface area contributed by atoms with Gasteiger partial charge in [-0.25, -0.2) is 9.97 Å². The summed E-state index contributed by atoms with van der Waals surface area (Å²) in [5, 5.41) is 0.593. The number of rotatable bonds is 5. The van der Waals surface area contributed by atoms with Gasteiger partial charge in [0, 0.05) is 44.5 Å². The number of aromatic nitrogens is 4. The number of hydrogen-bond donors (Lipinski definition) is 1. The lowest BCUT2D eigenvalue weighted by atomic mass is 10.1. The summed E-state index contributed by atoms with van der Waals surface area (Å²) in [6.45, 7) is 5.53. The van der Waals surface area contributed by atoms with E-state index in [1.54, 1.807) is 18.0 Å². The number of hydrogen-bond acceptors (Lipinski definition) is 6. The first-order chi connectivity index (χ1) is 16.0. The van der Waals surface area contributed by atoms with Crippen molar-refractivity contribution < 1.29 is 9.53 Å². The van der Waals surface area contributed by atoms with Crippen molar-refractivity contribution in [3.63, 3.8) is 0 Å². The molecule has 0 radical (unpaired) electrons. The molecule has 0 aliphatic carbocycles. The van der Waals surface area contributed by atoms with Crippen LogP contribution in [0.4, 0.5) is 5.69 Å². The minimum Gasteiger partial charge on any atom is -0.383 e. The number of amides is 1. The van der Waals surface area contributed by atoms with E-state index in [1.165, 1.54) is 0 Å². The maximum Gasteiger partial charge on any atom is 0.261 e. The fourth-order valence-corrected chi connectivity index (χ4v) is 4.31. The molecule has 9 heteroatoms. The third-order valence-corrected chi connectivity index (χ3v) is 6.12. The molecule has 0 unspecified atom stereocenters. The number of carbonyl (C=O) groups excluding carboxylic acids is 1. The fraction of sp³-hybridized carbons (Fsp3) is 0.333. The molecule has 1 fully saturated rings. The Morgan fingerprint density at radius 3 is 2.70 bits per heavy atom. The lowest BCUT2D eigenvalue weighted by Crippen LogP contribution is -2.48. The smallest absolute Gasteiger partial charge is 0.261 e. The Bertz CT molecular complexity index is 1380. The standard InChI is InChI=1S/C24H26N6O3/c1-16-26-20-6-3-17(13-22(20)27-16)23(31)29-9-7-28(8-10-29)18-4-5-19-21(14-18)25-15-30(24(19)32)11-12-33-2/h3-6,13-15H,7-12H2,1-2H3,(H,26,27). The summed E-state index contributed by atoms with van der Waals surface area (Å²) in [6.07, 6.45) is 1.57. The van der Waals surface area contributed by atoms with E-state index >= 15 is 0 Å². The second-order valence-electron chi connectivity index (χ2n) is 8.27. The van der Waals surface area contributed by atoms with Crippen molar-refractivity contribution in [3.8, 4) is 0 Å². The zero-order chi connectivity index (χ0) is 22.9. The van der Waals surface area contributed by atoms with Crippen LogP contribution < -0.4 is 10.5 Å². The van der Waals surface area contributed by atoms with Gasteiger partial charge in [0.1, 0.15) is 5.82 Å². The lowest BCUT2D eigenvalue weighted by Gasteiger charge is -2.36. The van der Waals surface area contributed by atoms with Gasteiger partial charge in [0.25, 0.3) is 11.5 Å². The van der Waals surface area contributed by atoms with E-state index in [0.29, 0.717) is 55.8 Å². The topological polar surface area (TPSA) is 96.3 Å². The van der Waals surface area contributed by atoms with Crippen LogP contribution in [-0.4, -0.2) is 70.2 Å². The van der Waals surface area contributed by atoms with E-state index in [2.05, 4.69) is 19.9 Å². The molecule has 170 valence electrons. The average Bonchev–Trinajstić information content (AvgIpc) is 3.22. The molecular weight excluding hydrogens is 420 g/mol. The Morgan fingerprint density at radius 2 is 1.91 bits per heavy atom. The monoisotopic (exact) mass is 446 g/mol. The number of H-pyrrole nitrogens is 1. The Morgan fingerprint density at radius 1 is 1.09 bits per heavy atom. The van der Waals surface area contributed by atoms with Gasteiger partial charge in [0.05, 0.1) is 41.4 Å². The molecule has 9 nitrogen and oxygen atoms in total. The third-order valence-electron chi connectivity index (χ3n) is 6.12. The molecule has 1 aliphatic heterocycles. The van der Waals surface area contributed by atoms with Crippen LogP contribution in [0.25, 0.3) is 21.9 Å². The van der Waals surface area contributed by atoms with Crippen LogP contribution >= 0.6 is 0 Å². The number of anilines is 1. The number of nitrogens with one attached hydrogen (secondary N) is 1. The van der Waals surface area contributed by atoms with E-state index in [9.17, 15) is 9.59 Å². The van der Waals surface area contributed by atoms with Gasteiger partial charge in [-0.3, -0.25) is 14.2 Å². The van der Waals surface area contributed by atoms with Gasteiger partial charge in [-0.1, -0.05) is 0 Å². The number of aryl methyl sites for hydroxylation is 1. The largest absolute Gasteiger partial charge is 0.383 e. The first-order valence-electron chi connectivity index (χ1n) is 11.0. The molecule has 4 aromatic rings. The molecular formula is C24H26N6O3. The predicted molar refractivity (Wildman–Crippen MR) is 127 cm³/mol. The molecule has 1 aliphatic rings. The number of nitrogens with zero attached hydrogens (tertiary/aromatic N) is 5. The van der Waals surface area contributed by atoms with Gasteiger partial charge in [-0.15, -0.1) is 0 Å². The molecule has 0 atom stereocenters. The van der Waals surface area contributed by atoms with E-state index < -0.39 is 0 Å². The number of carbonyl (C=O) groups is 1. The number of methoxy groups -OCH3 is 1. The predicted octanol–water partition coefficient (Wildman–Crippen LogP) is 2.19. The summed E-state index contributed by atoms with van der Waals surface area (Å²) in [4.78, 5) is 41.9. The molecule has 0 saturated carbocycles. The van der Waals surface area contributed by atoms with Gasteiger partial charge >= 0.3 is 0 Å². The molecule has 1 N–H and O–H groups in total. The second-order valence-corrected chi connectivity index (χ2v) is 8.27. The van der Waals surface area contributed by atoms with E-state index in [4.69, 9.17) is 4.74 Å². The average molecular weight is 447 g/mol. The van der Waals surface area contributed by atoms with Crippen LogP contribution in [0, 0.1) is 6.92 Å². The SMILES string of the molecule is COCCn1cnc2cc(N3CCN(C(=O)c4ccc5nc(C)[nH]c5c4)CC3)ccc2c1=O. The van der Waals surface area contributed by atoms with E-state index in [0.717, 1.165) is 22.5 Å². The summed E-state index contributed by atoms with van der Waals surface area (Å²) < 4.78 is 6.63. The molecule has 0 bridgehead atoms. The van der Waals surface area contributed by atoms with Crippen LogP contribution in [0.2, 0.25) is 0 Å². The van der Waals surface area contributed by atoms with Crippen LogP contribution in [0.1, 0.15) is 16.2 Å². The maximum absolute atomic E-state index is 13.0. The minimum absolute atomic E-state index is 0.0283. The number of aromatic amines is 1. The van der Waals surface area contributed by atoms with Crippen LogP contribution in [0.3, 0.4) is 0 Å². The number of imidazole rings is 1. The van der Waals surface area contributed by atoms with E-state index in [-0.39, 0.29) is 11.5 Å². The highest BCUT2D eigenvalue weighted by Crippen LogP contribution is 2.22. The third kappa shape index (κ3) is 4.07. The lowest BCUT2D eigenvalue weighted by molar-refractivity contribution is 0.0747. The van der Waals surface area contributed by atoms with Crippen molar-refractivity contribution in [2.24, 2.45) is 0 Å².